The largest absolute Gasteiger partial charge is 0.422 e. The quantitative estimate of drug-likeness (QED) is 0.427. The van der Waals surface area contributed by atoms with Crippen LogP contribution < -0.4 is 4.74 Å². The van der Waals surface area contributed by atoms with Crippen molar-refractivity contribution in [3.05, 3.63) is 65.9 Å². The van der Waals surface area contributed by atoms with Gasteiger partial charge in [-0.2, -0.15) is 0 Å². The zero-order chi connectivity index (χ0) is 19.1. The van der Waals surface area contributed by atoms with Crippen molar-refractivity contribution in [2.45, 2.75) is 33.1 Å². The first kappa shape index (κ1) is 19.2. The summed E-state index contributed by atoms with van der Waals surface area (Å²) in [4.78, 5) is 18.3. The molecule has 0 saturated heterocycles. The number of benzene rings is 2. The number of carbonyl (C=O) groups excluding carboxylic acids is 1. The lowest BCUT2D eigenvalue weighted by molar-refractivity contribution is 0.0737. The van der Waals surface area contributed by atoms with Crippen molar-refractivity contribution in [1.29, 1.82) is 0 Å². The molecule has 3 rings (SSSR count). The molecule has 0 atom stereocenters. The van der Waals surface area contributed by atoms with Gasteiger partial charge in [0.15, 0.2) is 0 Å². The highest BCUT2D eigenvalue weighted by molar-refractivity contribution is 5.96. The van der Waals surface area contributed by atoms with Gasteiger partial charge in [-0.05, 0) is 62.2 Å². The third-order valence-electron chi connectivity index (χ3n) is 4.74. The summed E-state index contributed by atoms with van der Waals surface area (Å²) < 4.78 is 5.74. The van der Waals surface area contributed by atoms with Gasteiger partial charge < -0.3 is 14.6 Å². The Bertz CT molecular complexity index is 864. The van der Waals surface area contributed by atoms with E-state index in [0.717, 1.165) is 49.8 Å². The molecule has 1 heterocycles. The number of nitrogens with zero attached hydrogens (tertiary/aromatic N) is 1. The minimum atomic E-state index is -0.325. The van der Waals surface area contributed by atoms with E-state index in [1.54, 1.807) is 12.1 Å². The Hall–Kier alpha value is -2.59. The summed E-state index contributed by atoms with van der Waals surface area (Å²) in [6.07, 6.45) is 5.29. The lowest BCUT2D eigenvalue weighted by atomic mass is 10.1. The van der Waals surface area contributed by atoms with Gasteiger partial charge in [-0.3, -0.25) is 0 Å². The highest BCUT2D eigenvalue weighted by Gasteiger charge is 2.15. The maximum atomic E-state index is 12.5. The third kappa shape index (κ3) is 4.77. The van der Waals surface area contributed by atoms with Crippen molar-refractivity contribution >= 4 is 16.9 Å². The summed E-state index contributed by atoms with van der Waals surface area (Å²) >= 11 is 0. The van der Waals surface area contributed by atoms with E-state index in [9.17, 15) is 4.79 Å². The average Bonchev–Trinajstić information content (AvgIpc) is 3.11. The Labute approximate surface area is 161 Å². The fourth-order valence-corrected chi connectivity index (χ4v) is 3.48. The maximum Gasteiger partial charge on any atom is 0.343 e. The molecule has 0 radical (unpaired) electrons. The number of fused-ring (bicyclic) bond motifs is 1. The first-order valence-corrected chi connectivity index (χ1v) is 9.81. The lowest BCUT2D eigenvalue weighted by Gasteiger charge is -2.20. The summed E-state index contributed by atoms with van der Waals surface area (Å²) in [7, 11) is 0. The van der Waals surface area contributed by atoms with Crippen molar-refractivity contribution in [2.75, 3.05) is 19.6 Å². The van der Waals surface area contributed by atoms with Gasteiger partial charge in [0.1, 0.15) is 5.75 Å². The predicted molar refractivity (Wildman–Crippen MR) is 110 cm³/mol. The summed E-state index contributed by atoms with van der Waals surface area (Å²) in [6.45, 7) is 7.68. The van der Waals surface area contributed by atoms with Crippen molar-refractivity contribution in [3.63, 3.8) is 0 Å². The molecule has 0 spiro atoms. The van der Waals surface area contributed by atoms with E-state index >= 15 is 0 Å². The van der Waals surface area contributed by atoms with Crippen LogP contribution in [-0.2, 0) is 6.42 Å². The number of carbonyl (C=O) groups is 1. The summed E-state index contributed by atoms with van der Waals surface area (Å²) in [5, 5.41) is 1.01. The Kier molecular flexibility index (Phi) is 6.66. The minimum absolute atomic E-state index is 0.325. The van der Waals surface area contributed by atoms with Gasteiger partial charge in [0.25, 0.3) is 0 Å². The van der Waals surface area contributed by atoms with Crippen molar-refractivity contribution in [2.24, 2.45) is 0 Å². The molecule has 3 aromatic rings. The monoisotopic (exact) mass is 364 g/mol. The Balaban J connectivity index is 1.80. The molecule has 1 aromatic heterocycles. The van der Waals surface area contributed by atoms with Gasteiger partial charge in [-0.15, -0.1) is 0 Å². The molecule has 2 aromatic carbocycles. The molecule has 0 aliphatic heterocycles. The van der Waals surface area contributed by atoms with Crippen LogP contribution in [0.4, 0.5) is 0 Å². The van der Waals surface area contributed by atoms with Crippen LogP contribution >= 0.6 is 0 Å². The Morgan fingerprint density at radius 3 is 2.41 bits per heavy atom. The number of esters is 1. The number of H-pyrrole nitrogens is 1. The van der Waals surface area contributed by atoms with Crippen molar-refractivity contribution in [3.8, 4) is 5.75 Å². The number of aromatic nitrogens is 1. The summed E-state index contributed by atoms with van der Waals surface area (Å²) in [6, 6.07) is 14.9. The Morgan fingerprint density at radius 1 is 0.963 bits per heavy atom. The lowest BCUT2D eigenvalue weighted by Crippen LogP contribution is -2.27. The van der Waals surface area contributed by atoms with Crippen LogP contribution in [0.1, 0.15) is 42.6 Å². The van der Waals surface area contributed by atoms with Crippen LogP contribution in [0.5, 0.6) is 5.75 Å². The second kappa shape index (κ2) is 9.38. The first-order chi connectivity index (χ1) is 13.2. The van der Waals surface area contributed by atoms with E-state index in [0.29, 0.717) is 11.3 Å². The zero-order valence-electron chi connectivity index (χ0n) is 16.2. The SMILES string of the molecule is CCCN(CCC)CCc1c[nH]c2cccc(OC(=O)c3ccccc3)c12. The van der Waals surface area contributed by atoms with E-state index in [1.807, 2.05) is 42.6 Å². The molecule has 142 valence electrons. The highest BCUT2D eigenvalue weighted by atomic mass is 16.5. The number of hydrogen-bond acceptors (Lipinski definition) is 3. The standard InChI is InChI=1S/C23H28N2O2/c1-3-14-25(15-4-2)16-13-19-17-24-20-11-8-12-21(22(19)20)27-23(26)18-9-6-5-7-10-18/h5-12,17,24H,3-4,13-16H2,1-2H3. The molecule has 4 nitrogen and oxygen atoms in total. The van der Waals surface area contributed by atoms with Gasteiger partial charge in [-0.1, -0.05) is 38.1 Å². The topological polar surface area (TPSA) is 45.3 Å². The first-order valence-electron chi connectivity index (χ1n) is 9.81. The Morgan fingerprint density at radius 2 is 1.70 bits per heavy atom. The molecule has 0 aliphatic rings. The molecular formula is C23H28N2O2. The fraction of sp³-hybridized carbons (Fsp3) is 0.348. The summed E-state index contributed by atoms with van der Waals surface area (Å²) in [5.74, 6) is 0.295. The fourth-order valence-electron chi connectivity index (χ4n) is 3.48. The van der Waals surface area contributed by atoms with Gasteiger partial charge in [0, 0.05) is 23.6 Å². The molecule has 0 aliphatic carbocycles. The summed E-state index contributed by atoms with van der Waals surface area (Å²) in [5.41, 5.74) is 2.75. The van der Waals surface area contributed by atoms with Gasteiger partial charge in [0.05, 0.1) is 5.56 Å². The normalized spacial score (nSPS) is 11.2. The van der Waals surface area contributed by atoms with Crippen LogP contribution in [-0.4, -0.2) is 35.5 Å². The van der Waals surface area contributed by atoms with Crippen LogP contribution in [0.25, 0.3) is 10.9 Å². The number of hydrogen-bond donors (Lipinski definition) is 1. The van der Waals surface area contributed by atoms with E-state index < -0.39 is 0 Å². The van der Waals surface area contributed by atoms with Crippen LogP contribution in [0, 0.1) is 0 Å². The molecule has 0 amide bonds. The number of ether oxygens (including phenoxy) is 1. The maximum absolute atomic E-state index is 12.5. The van der Waals surface area contributed by atoms with Gasteiger partial charge in [0.2, 0.25) is 0 Å². The highest BCUT2D eigenvalue weighted by Crippen LogP contribution is 2.30. The number of nitrogens with one attached hydrogen (secondary N) is 1. The molecule has 0 unspecified atom stereocenters. The molecule has 0 saturated carbocycles. The van der Waals surface area contributed by atoms with Gasteiger partial charge in [-0.25, -0.2) is 4.79 Å². The smallest absolute Gasteiger partial charge is 0.343 e. The van der Waals surface area contributed by atoms with Crippen LogP contribution in [0.15, 0.2) is 54.7 Å². The van der Waals surface area contributed by atoms with E-state index in [-0.39, 0.29) is 5.97 Å². The van der Waals surface area contributed by atoms with Crippen molar-refractivity contribution in [1.82, 2.24) is 9.88 Å². The predicted octanol–water partition coefficient (Wildman–Crippen LogP) is 5.05. The molecule has 1 N–H and O–H groups in total. The van der Waals surface area contributed by atoms with Crippen LogP contribution in [0.2, 0.25) is 0 Å². The van der Waals surface area contributed by atoms with E-state index in [1.165, 1.54) is 5.56 Å². The van der Waals surface area contributed by atoms with Gasteiger partial charge >= 0.3 is 5.97 Å². The molecule has 0 fully saturated rings. The zero-order valence-corrected chi connectivity index (χ0v) is 16.2. The van der Waals surface area contributed by atoms with Crippen LogP contribution in [0.3, 0.4) is 0 Å². The second-order valence-electron chi connectivity index (χ2n) is 6.84. The molecule has 0 bridgehead atoms. The number of rotatable bonds is 9. The van der Waals surface area contributed by atoms with Crippen molar-refractivity contribution < 1.29 is 9.53 Å². The molecular weight excluding hydrogens is 336 g/mol. The second-order valence-corrected chi connectivity index (χ2v) is 6.84. The molecule has 4 heteroatoms. The van der Waals surface area contributed by atoms with E-state index in [4.69, 9.17) is 4.74 Å². The average molecular weight is 364 g/mol. The van der Waals surface area contributed by atoms with E-state index in [2.05, 4.69) is 23.7 Å². The molecule has 27 heavy (non-hydrogen) atoms. The number of aromatic amines is 1. The minimum Gasteiger partial charge on any atom is -0.422 e. The third-order valence-corrected chi connectivity index (χ3v) is 4.74.